The molecule has 1 heterocycles. The van der Waals surface area contributed by atoms with Crippen LogP contribution in [0, 0.1) is 0 Å². The summed E-state index contributed by atoms with van der Waals surface area (Å²) in [4.78, 5) is 0. The smallest absolute Gasteiger partial charge is 0.225 e. The Morgan fingerprint density at radius 1 is 1.38 bits per heavy atom. The van der Waals surface area contributed by atoms with Gasteiger partial charge in [-0.25, -0.2) is 0 Å². The molecule has 5 heteroatoms. The Bertz CT molecular complexity index is 364. The van der Waals surface area contributed by atoms with Gasteiger partial charge in [-0.3, -0.25) is 4.57 Å². The highest BCUT2D eigenvalue weighted by molar-refractivity contribution is 7.99. The molecule has 2 rings (SSSR count). The van der Waals surface area contributed by atoms with E-state index in [0.717, 1.165) is 11.1 Å². The molecule has 2 atom stereocenters. The zero-order valence-electron chi connectivity index (χ0n) is 9.98. The largest absolute Gasteiger partial charge is 0.298 e. The molecule has 0 bridgehead atoms. The molecule has 1 aromatic heterocycles. The third-order valence-corrected chi connectivity index (χ3v) is 4.60. The third kappa shape index (κ3) is 2.23. The van der Waals surface area contributed by atoms with Crippen molar-refractivity contribution in [1.82, 2.24) is 14.8 Å². The zero-order valence-corrected chi connectivity index (χ0v) is 11.6. The summed E-state index contributed by atoms with van der Waals surface area (Å²) in [6, 6.07) is 0.498. The first kappa shape index (κ1) is 12.2. The molecular weight excluding hydrogens is 242 g/mol. The zero-order chi connectivity index (χ0) is 11.7. The maximum atomic E-state index is 6.14. The van der Waals surface area contributed by atoms with E-state index in [9.17, 15) is 0 Å². The Morgan fingerprint density at radius 2 is 2.12 bits per heavy atom. The van der Waals surface area contributed by atoms with Gasteiger partial charge in [0, 0.05) is 17.2 Å². The number of hydrogen-bond acceptors (Lipinski definition) is 3. The summed E-state index contributed by atoms with van der Waals surface area (Å²) < 4.78 is 2.14. The number of thioether (sulfide) groups is 1. The van der Waals surface area contributed by atoms with Crippen LogP contribution >= 0.6 is 23.4 Å². The van der Waals surface area contributed by atoms with Gasteiger partial charge < -0.3 is 0 Å². The summed E-state index contributed by atoms with van der Waals surface area (Å²) in [6.07, 6.45) is 5.85. The van der Waals surface area contributed by atoms with Gasteiger partial charge in [-0.15, -0.1) is 10.2 Å². The average molecular weight is 260 g/mol. The second-order valence-electron chi connectivity index (χ2n) is 4.68. The Morgan fingerprint density at radius 3 is 2.69 bits per heavy atom. The van der Waals surface area contributed by atoms with Gasteiger partial charge in [0.05, 0.1) is 0 Å². The van der Waals surface area contributed by atoms with Crippen molar-refractivity contribution in [3.8, 4) is 0 Å². The lowest BCUT2D eigenvalue weighted by molar-refractivity contribution is 0.488. The molecule has 1 aliphatic rings. The van der Waals surface area contributed by atoms with Crippen molar-refractivity contribution in [2.75, 3.05) is 6.26 Å². The highest BCUT2D eigenvalue weighted by Crippen LogP contribution is 2.38. The first-order chi connectivity index (χ1) is 7.63. The Balaban J connectivity index is 2.23. The van der Waals surface area contributed by atoms with Crippen LogP contribution in [0.15, 0.2) is 0 Å². The van der Waals surface area contributed by atoms with Crippen LogP contribution in [-0.4, -0.2) is 26.3 Å². The van der Waals surface area contributed by atoms with Crippen molar-refractivity contribution in [3.63, 3.8) is 0 Å². The van der Waals surface area contributed by atoms with Gasteiger partial charge in [-0.2, -0.15) is 11.8 Å². The molecule has 90 valence electrons. The van der Waals surface area contributed by atoms with Crippen molar-refractivity contribution in [2.24, 2.45) is 0 Å². The first-order valence-electron chi connectivity index (χ1n) is 5.76. The van der Waals surface area contributed by atoms with Crippen molar-refractivity contribution in [1.29, 1.82) is 0 Å². The van der Waals surface area contributed by atoms with Gasteiger partial charge in [-0.05, 0) is 37.1 Å². The van der Waals surface area contributed by atoms with Crippen LogP contribution in [0.4, 0.5) is 0 Å². The molecule has 1 saturated carbocycles. The lowest BCUT2D eigenvalue weighted by Crippen LogP contribution is -2.11. The minimum atomic E-state index is 0.383. The minimum absolute atomic E-state index is 0.383. The molecule has 0 N–H and O–H groups in total. The second-order valence-corrected chi connectivity index (χ2v) is 6.15. The molecule has 1 fully saturated rings. The summed E-state index contributed by atoms with van der Waals surface area (Å²) in [5.41, 5.74) is 0. The fourth-order valence-corrected chi connectivity index (χ4v) is 3.43. The lowest BCUT2D eigenvalue weighted by atomic mass is 10.2. The van der Waals surface area contributed by atoms with Gasteiger partial charge in [0.25, 0.3) is 0 Å². The van der Waals surface area contributed by atoms with E-state index < -0.39 is 0 Å². The molecular formula is C11H18ClN3S. The molecule has 0 aliphatic heterocycles. The average Bonchev–Trinajstić information content (AvgIpc) is 2.83. The first-order valence-corrected chi connectivity index (χ1v) is 7.43. The monoisotopic (exact) mass is 259 g/mol. The van der Waals surface area contributed by atoms with E-state index >= 15 is 0 Å². The maximum Gasteiger partial charge on any atom is 0.225 e. The van der Waals surface area contributed by atoms with Crippen molar-refractivity contribution < 1.29 is 0 Å². The number of halogens is 1. The van der Waals surface area contributed by atoms with Crippen LogP contribution in [0.25, 0.3) is 0 Å². The molecule has 0 radical (unpaired) electrons. The summed E-state index contributed by atoms with van der Waals surface area (Å²) in [5.74, 6) is 1.41. The highest BCUT2D eigenvalue weighted by atomic mass is 35.5. The van der Waals surface area contributed by atoms with Crippen LogP contribution in [0.1, 0.15) is 50.9 Å². The van der Waals surface area contributed by atoms with Gasteiger partial charge in [-0.1, -0.05) is 13.8 Å². The summed E-state index contributed by atoms with van der Waals surface area (Å²) >= 11 is 8.10. The van der Waals surface area contributed by atoms with Crippen LogP contribution in [0.2, 0.25) is 5.28 Å². The standard InChI is InChI=1S/C11H18ClN3S/c1-7(2)10-13-14-11(12)15(10)8-4-5-9(6-8)16-3/h7-9H,4-6H2,1-3H3. The molecule has 0 aromatic carbocycles. The van der Waals surface area contributed by atoms with E-state index in [-0.39, 0.29) is 0 Å². The molecule has 3 nitrogen and oxygen atoms in total. The van der Waals surface area contributed by atoms with E-state index in [2.05, 4.69) is 34.9 Å². The Labute approximate surface area is 106 Å². The van der Waals surface area contributed by atoms with Crippen molar-refractivity contribution in [3.05, 3.63) is 11.1 Å². The Kier molecular flexibility index (Phi) is 3.80. The number of hydrogen-bond donors (Lipinski definition) is 0. The number of nitrogens with zero attached hydrogens (tertiary/aromatic N) is 3. The molecule has 1 aliphatic carbocycles. The molecule has 0 spiro atoms. The maximum absolute atomic E-state index is 6.14. The van der Waals surface area contributed by atoms with E-state index in [1.165, 1.54) is 19.3 Å². The molecule has 0 amide bonds. The van der Waals surface area contributed by atoms with Gasteiger partial charge in [0.2, 0.25) is 5.28 Å². The summed E-state index contributed by atoms with van der Waals surface area (Å²) in [7, 11) is 0. The summed E-state index contributed by atoms with van der Waals surface area (Å²) in [6.45, 7) is 4.27. The third-order valence-electron chi connectivity index (χ3n) is 3.25. The van der Waals surface area contributed by atoms with Crippen LogP contribution in [0.3, 0.4) is 0 Å². The van der Waals surface area contributed by atoms with Gasteiger partial charge in [0.15, 0.2) is 0 Å². The van der Waals surface area contributed by atoms with Crippen LogP contribution in [-0.2, 0) is 0 Å². The van der Waals surface area contributed by atoms with Crippen LogP contribution < -0.4 is 0 Å². The Hall–Kier alpha value is -0.220. The molecule has 16 heavy (non-hydrogen) atoms. The lowest BCUT2D eigenvalue weighted by Gasteiger charge is -2.17. The molecule has 1 aromatic rings. The minimum Gasteiger partial charge on any atom is -0.298 e. The van der Waals surface area contributed by atoms with Crippen molar-refractivity contribution in [2.45, 2.75) is 50.3 Å². The van der Waals surface area contributed by atoms with Gasteiger partial charge >= 0.3 is 0 Å². The van der Waals surface area contributed by atoms with E-state index in [1.807, 2.05) is 11.8 Å². The second kappa shape index (κ2) is 4.96. The predicted molar refractivity (Wildman–Crippen MR) is 69.3 cm³/mol. The fourth-order valence-electron chi connectivity index (χ4n) is 2.38. The van der Waals surface area contributed by atoms with Crippen LogP contribution in [0.5, 0.6) is 0 Å². The SMILES string of the molecule is CSC1CCC(n2c(Cl)nnc2C(C)C)C1. The number of rotatable bonds is 3. The van der Waals surface area contributed by atoms with E-state index in [4.69, 9.17) is 11.6 Å². The quantitative estimate of drug-likeness (QED) is 0.832. The number of aromatic nitrogens is 3. The molecule has 0 saturated heterocycles. The topological polar surface area (TPSA) is 30.7 Å². The fraction of sp³-hybridized carbons (Fsp3) is 0.818. The van der Waals surface area contributed by atoms with Gasteiger partial charge in [0.1, 0.15) is 5.82 Å². The van der Waals surface area contributed by atoms with Crippen molar-refractivity contribution >= 4 is 23.4 Å². The summed E-state index contributed by atoms with van der Waals surface area (Å²) in [5, 5.41) is 9.51. The van der Waals surface area contributed by atoms with E-state index in [1.54, 1.807) is 0 Å². The highest BCUT2D eigenvalue weighted by Gasteiger charge is 2.29. The normalized spacial score (nSPS) is 25.6. The predicted octanol–water partition coefficient (Wildman–Crippen LogP) is 3.51. The molecule has 2 unspecified atom stereocenters. The van der Waals surface area contributed by atoms with E-state index in [0.29, 0.717) is 17.2 Å².